The van der Waals surface area contributed by atoms with Crippen LogP contribution in [-0.4, -0.2) is 35.6 Å². The van der Waals surface area contributed by atoms with E-state index >= 15 is 0 Å². The third-order valence-electron chi connectivity index (χ3n) is 4.08. The fraction of sp³-hybridized carbons (Fsp3) is 0.769. The van der Waals surface area contributed by atoms with Crippen molar-refractivity contribution in [3.05, 3.63) is 17.8 Å². The molecule has 2 heterocycles. The number of piperidine rings is 1. The van der Waals surface area contributed by atoms with E-state index in [9.17, 15) is 0 Å². The van der Waals surface area contributed by atoms with Crippen LogP contribution in [0.4, 0.5) is 0 Å². The van der Waals surface area contributed by atoms with Crippen LogP contribution in [-0.2, 0) is 6.54 Å². The Balaban J connectivity index is 1.98. The third kappa shape index (κ3) is 2.69. The first-order valence-corrected chi connectivity index (χ1v) is 6.44. The number of likely N-dealkylation sites (tertiary alicyclic amines) is 1. The van der Waals surface area contributed by atoms with Crippen molar-refractivity contribution in [3.63, 3.8) is 0 Å². The first-order chi connectivity index (χ1) is 8.11. The van der Waals surface area contributed by atoms with Crippen molar-refractivity contribution in [2.24, 2.45) is 5.92 Å². The highest BCUT2D eigenvalue weighted by Crippen LogP contribution is 2.24. The van der Waals surface area contributed by atoms with Crippen LogP contribution in [0.2, 0.25) is 0 Å². The van der Waals surface area contributed by atoms with Gasteiger partial charge in [-0.3, -0.25) is 4.90 Å². The van der Waals surface area contributed by atoms with Gasteiger partial charge in [-0.2, -0.15) is 0 Å². The average Bonchev–Trinajstić information content (AvgIpc) is 2.71. The van der Waals surface area contributed by atoms with Gasteiger partial charge >= 0.3 is 0 Å². The van der Waals surface area contributed by atoms with E-state index in [1.165, 1.54) is 6.42 Å². The van der Waals surface area contributed by atoms with E-state index in [1.807, 2.05) is 6.92 Å². The summed E-state index contributed by atoms with van der Waals surface area (Å²) < 4.78 is 5.55. The van der Waals surface area contributed by atoms with Gasteiger partial charge in [0.1, 0.15) is 5.76 Å². The highest BCUT2D eigenvalue weighted by atomic mass is 16.4. The summed E-state index contributed by atoms with van der Waals surface area (Å²) in [5, 5.41) is 3.41. The zero-order chi connectivity index (χ0) is 12.4. The van der Waals surface area contributed by atoms with Crippen LogP contribution in [0.1, 0.15) is 31.9 Å². The van der Waals surface area contributed by atoms with Gasteiger partial charge < -0.3 is 9.73 Å². The number of oxazole rings is 1. The van der Waals surface area contributed by atoms with Crippen LogP contribution in [0.15, 0.2) is 10.6 Å². The molecule has 0 aliphatic carbocycles. The molecule has 1 N–H and O–H groups in total. The number of hydrogen-bond donors (Lipinski definition) is 1. The monoisotopic (exact) mass is 237 g/mol. The van der Waals surface area contributed by atoms with E-state index in [-0.39, 0.29) is 0 Å². The molecule has 0 spiro atoms. The molecule has 0 aromatic carbocycles. The van der Waals surface area contributed by atoms with Crippen molar-refractivity contribution >= 4 is 0 Å². The zero-order valence-electron chi connectivity index (χ0n) is 11.2. The number of aryl methyl sites for hydroxylation is 1. The molecule has 1 aromatic rings. The summed E-state index contributed by atoms with van der Waals surface area (Å²) in [6, 6.07) is 1.20. The SMILES string of the molecule is CNC1CCN(Cc2ncc(C)o2)C(C)C1C. The average molecular weight is 237 g/mol. The maximum absolute atomic E-state index is 5.55. The maximum Gasteiger partial charge on any atom is 0.208 e. The molecule has 0 radical (unpaired) electrons. The molecular weight excluding hydrogens is 214 g/mol. The number of nitrogens with zero attached hydrogens (tertiary/aromatic N) is 2. The topological polar surface area (TPSA) is 41.3 Å². The molecule has 0 amide bonds. The van der Waals surface area contributed by atoms with Gasteiger partial charge in [0.05, 0.1) is 12.7 Å². The number of aromatic nitrogens is 1. The predicted octanol–water partition coefficient (Wildman–Crippen LogP) is 1.80. The molecule has 4 nitrogen and oxygen atoms in total. The lowest BCUT2D eigenvalue weighted by molar-refractivity contribution is 0.0731. The highest BCUT2D eigenvalue weighted by Gasteiger charge is 2.31. The van der Waals surface area contributed by atoms with Crippen LogP contribution in [0.3, 0.4) is 0 Å². The van der Waals surface area contributed by atoms with Crippen LogP contribution in [0.25, 0.3) is 0 Å². The Hall–Kier alpha value is -0.870. The molecule has 0 bridgehead atoms. The summed E-state index contributed by atoms with van der Waals surface area (Å²) in [6.07, 6.45) is 2.99. The van der Waals surface area contributed by atoms with Crippen molar-refractivity contribution in [3.8, 4) is 0 Å². The molecule has 1 saturated heterocycles. The molecule has 3 unspecified atom stereocenters. The summed E-state index contributed by atoms with van der Waals surface area (Å²) in [5.41, 5.74) is 0. The number of rotatable bonds is 3. The van der Waals surface area contributed by atoms with Gasteiger partial charge in [-0.05, 0) is 33.2 Å². The minimum absolute atomic E-state index is 0.563. The van der Waals surface area contributed by atoms with Crippen molar-refractivity contribution in [1.29, 1.82) is 0 Å². The van der Waals surface area contributed by atoms with Crippen molar-refractivity contribution in [2.75, 3.05) is 13.6 Å². The van der Waals surface area contributed by atoms with Crippen molar-refractivity contribution in [2.45, 2.75) is 45.8 Å². The summed E-state index contributed by atoms with van der Waals surface area (Å²) >= 11 is 0. The third-order valence-corrected chi connectivity index (χ3v) is 4.08. The van der Waals surface area contributed by atoms with Crippen molar-refractivity contribution in [1.82, 2.24) is 15.2 Å². The standard InChI is InChI=1S/C13H23N3O/c1-9-7-15-13(17-9)8-16-6-5-12(14-4)10(2)11(16)3/h7,10-12,14H,5-6,8H2,1-4H3. The fourth-order valence-corrected chi connectivity index (χ4v) is 2.72. The van der Waals surface area contributed by atoms with Crippen LogP contribution in [0.5, 0.6) is 0 Å². The molecule has 1 aliphatic rings. The molecule has 1 aromatic heterocycles. The number of hydrogen-bond acceptors (Lipinski definition) is 4. The van der Waals surface area contributed by atoms with Gasteiger partial charge in [-0.25, -0.2) is 4.98 Å². The maximum atomic E-state index is 5.55. The Kier molecular flexibility index (Phi) is 3.84. The molecule has 4 heteroatoms. The zero-order valence-corrected chi connectivity index (χ0v) is 11.2. The minimum atomic E-state index is 0.563. The second-order valence-electron chi connectivity index (χ2n) is 5.12. The normalized spacial score (nSPS) is 30.7. The van der Waals surface area contributed by atoms with E-state index in [0.717, 1.165) is 24.7 Å². The van der Waals surface area contributed by atoms with Crippen LogP contribution >= 0.6 is 0 Å². The second-order valence-corrected chi connectivity index (χ2v) is 5.12. The Bertz CT molecular complexity index is 363. The molecule has 1 fully saturated rings. The van der Waals surface area contributed by atoms with Crippen molar-refractivity contribution < 1.29 is 4.42 Å². The molecule has 3 atom stereocenters. The Labute approximate surface area is 103 Å². The summed E-state index contributed by atoms with van der Waals surface area (Å²) in [7, 11) is 2.06. The lowest BCUT2D eigenvalue weighted by atomic mass is 9.87. The Morgan fingerprint density at radius 2 is 2.29 bits per heavy atom. The van der Waals surface area contributed by atoms with Gasteiger partial charge in [0.15, 0.2) is 0 Å². The van der Waals surface area contributed by atoms with Gasteiger partial charge in [-0.1, -0.05) is 6.92 Å². The molecule has 0 saturated carbocycles. The van der Waals surface area contributed by atoms with Gasteiger partial charge in [0, 0.05) is 18.6 Å². The van der Waals surface area contributed by atoms with Crippen LogP contribution in [0, 0.1) is 12.8 Å². The Morgan fingerprint density at radius 1 is 1.53 bits per heavy atom. The summed E-state index contributed by atoms with van der Waals surface area (Å²) in [6.45, 7) is 8.49. The molecule has 96 valence electrons. The fourth-order valence-electron chi connectivity index (χ4n) is 2.72. The Morgan fingerprint density at radius 3 is 2.88 bits per heavy atom. The quantitative estimate of drug-likeness (QED) is 0.870. The van der Waals surface area contributed by atoms with Crippen LogP contribution < -0.4 is 5.32 Å². The summed E-state index contributed by atoms with van der Waals surface area (Å²) in [4.78, 5) is 6.75. The summed E-state index contributed by atoms with van der Waals surface area (Å²) in [5.74, 6) is 2.39. The molecule has 17 heavy (non-hydrogen) atoms. The van der Waals surface area contributed by atoms with Gasteiger partial charge in [-0.15, -0.1) is 0 Å². The first-order valence-electron chi connectivity index (χ1n) is 6.44. The van der Waals surface area contributed by atoms with E-state index in [0.29, 0.717) is 18.0 Å². The minimum Gasteiger partial charge on any atom is -0.445 e. The highest BCUT2D eigenvalue weighted by molar-refractivity contribution is 4.94. The van der Waals surface area contributed by atoms with Gasteiger partial charge in [0.25, 0.3) is 0 Å². The second kappa shape index (κ2) is 5.19. The lowest BCUT2D eigenvalue weighted by Crippen LogP contribution is -2.52. The molecular formula is C13H23N3O. The van der Waals surface area contributed by atoms with E-state index in [2.05, 4.69) is 36.1 Å². The number of nitrogens with one attached hydrogen (secondary N) is 1. The van der Waals surface area contributed by atoms with E-state index in [4.69, 9.17) is 4.42 Å². The van der Waals surface area contributed by atoms with E-state index in [1.54, 1.807) is 6.20 Å². The van der Waals surface area contributed by atoms with Gasteiger partial charge in [0.2, 0.25) is 5.89 Å². The largest absolute Gasteiger partial charge is 0.445 e. The van der Waals surface area contributed by atoms with E-state index < -0.39 is 0 Å². The predicted molar refractivity (Wildman–Crippen MR) is 67.7 cm³/mol. The molecule has 1 aliphatic heterocycles. The lowest BCUT2D eigenvalue weighted by Gasteiger charge is -2.42. The smallest absolute Gasteiger partial charge is 0.208 e. The molecule has 2 rings (SSSR count). The first kappa shape index (κ1) is 12.6.